The number of benzene rings is 2. The van der Waals surface area contributed by atoms with Gasteiger partial charge in [-0.3, -0.25) is 9.69 Å². The van der Waals surface area contributed by atoms with Crippen molar-refractivity contribution in [3.63, 3.8) is 0 Å². The van der Waals surface area contributed by atoms with Crippen LogP contribution < -0.4 is 5.32 Å². The molecule has 3 aromatic rings. The molecule has 0 saturated carbocycles. The van der Waals surface area contributed by atoms with E-state index in [9.17, 15) is 4.79 Å². The number of halogens is 3. The van der Waals surface area contributed by atoms with Crippen LogP contribution in [0.5, 0.6) is 0 Å². The number of carbonyl (C=O) groups is 1. The zero-order valence-corrected chi connectivity index (χ0v) is 17.2. The van der Waals surface area contributed by atoms with Crippen molar-refractivity contribution in [3.8, 4) is 11.4 Å². The Morgan fingerprint density at radius 1 is 1.11 bits per heavy atom. The molecule has 0 aliphatic rings. The molecule has 28 heavy (non-hydrogen) atoms. The number of rotatable bonds is 7. The number of likely N-dealkylation sites (N-methyl/N-ethyl adjacent to an activating group) is 1. The fraction of sp³-hybridized carbons (Fsp3) is 0.211. The van der Waals surface area contributed by atoms with Crippen LogP contribution in [0.1, 0.15) is 12.8 Å². The number of amides is 1. The summed E-state index contributed by atoms with van der Waals surface area (Å²) in [5, 5.41) is 8.12. The van der Waals surface area contributed by atoms with Gasteiger partial charge < -0.3 is 9.84 Å². The lowest BCUT2D eigenvalue weighted by Crippen LogP contribution is -2.33. The van der Waals surface area contributed by atoms with Crippen LogP contribution in [0.2, 0.25) is 15.1 Å². The van der Waals surface area contributed by atoms with Crippen molar-refractivity contribution in [2.24, 2.45) is 0 Å². The van der Waals surface area contributed by atoms with E-state index in [1.165, 1.54) is 0 Å². The molecule has 0 fully saturated rings. The quantitative estimate of drug-likeness (QED) is 0.551. The fourth-order valence-corrected chi connectivity index (χ4v) is 3.12. The van der Waals surface area contributed by atoms with Crippen molar-refractivity contribution < 1.29 is 9.32 Å². The maximum atomic E-state index is 12.4. The molecule has 1 heterocycles. The van der Waals surface area contributed by atoms with Gasteiger partial charge in [-0.25, -0.2) is 0 Å². The molecule has 6 nitrogen and oxygen atoms in total. The minimum Gasteiger partial charge on any atom is -0.338 e. The summed E-state index contributed by atoms with van der Waals surface area (Å²) in [5.41, 5.74) is 1.20. The van der Waals surface area contributed by atoms with Gasteiger partial charge in [-0.1, -0.05) is 52.9 Å². The van der Waals surface area contributed by atoms with Crippen LogP contribution in [0.15, 0.2) is 47.0 Å². The van der Waals surface area contributed by atoms with E-state index in [2.05, 4.69) is 15.5 Å². The second kappa shape index (κ2) is 9.39. The van der Waals surface area contributed by atoms with E-state index in [1.54, 1.807) is 30.3 Å². The summed E-state index contributed by atoms with van der Waals surface area (Å²) in [6, 6.07) is 12.2. The van der Waals surface area contributed by atoms with Gasteiger partial charge >= 0.3 is 0 Å². The summed E-state index contributed by atoms with van der Waals surface area (Å²) in [5.74, 6) is 0.639. The number of para-hydroxylation sites is 1. The number of nitrogens with one attached hydrogen (secondary N) is 1. The van der Waals surface area contributed by atoms with Gasteiger partial charge in [0, 0.05) is 10.6 Å². The molecule has 0 saturated heterocycles. The Morgan fingerprint density at radius 2 is 1.79 bits per heavy atom. The largest absolute Gasteiger partial charge is 0.338 e. The van der Waals surface area contributed by atoms with Crippen molar-refractivity contribution in [3.05, 3.63) is 63.4 Å². The third kappa shape index (κ3) is 5.23. The molecule has 0 unspecified atom stereocenters. The maximum Gasteiger partial charge on any atom is 0.241 e. The zero-order chi connectivity index (χ0) is 20.1. The molecule has 0 radical (unpaired) electrons. The number of hydrogen-bond acceptors (Lipinski definition) is 5. The minimum absolute atomic E-state index is 0.122. The number of anilines is 1. The third-order valence-electron chi connectivity index (χ3n) is 3.97. The van der Waals surface area contributed by atoms with Crippen LogP contribution in [0.4, 0.5) is 5.69 Å². The Bertz CT molecular complexity index is 940. The molecule has 0 aliphatic carbocycles. The first-order valence-electron chi connectivity index (χ1n) is 8.51. The highest BCUT2D eigenvalue weighted by Gasteiger charge is 2.16. The summed E-state index contributed by atoms with van der Waals surface area (Å²) in [6.07, 6.45) is 0. The van der Waals surface area contributed by atoms with Crippen LogP contribution in [-0.2, 0) is 11.3 Å². The predicted octanol–water partition coefficient (Wildman–Crippen LogP) is 5.16. The summed E-state index contributed by atoms with van der Waals surface area (Å²) < 4.78 is 5.31. The number of hydrogen-bond donors (Lipinski definition) is 1. The van der Waals surface area contributed by atoms with Gasteiger partial charge in [0.25, 0.3) is 0 Å². The zero-order valence-electron chi connectivity index (χ0n) is 15.0. The molecule has 1 aromatic heterocycles. The Balaban J connectivity index is 1.63. The molecule has 1 amide bonds. The lowest BCUT2D eigenvalue weighted by molar-refractivity contribution is -0.117. The van der Waals surface area contributed by atoms with Gasteiger partial charge in [-0.05, 0) is 42.9 Å². The fourth-order valence-electron chi connectivity index (χ4n) is 2.51. The van der Waals surface area contributed by atoms with Crippen LogP contribution in [-0.4, -0.2) is 34.0 Å². The predicted molar refractivity (Wildman–Crippen MR) is 111 cm³/mol. The van der Waals surface area contributed by atoms with E-state index in [4.69, 9.17) is 39.3 Å². The van der Waals surface area contributed by atoms with Gasteiger partial charge in [0.05, 0.1) is 28.8 Å². The molecule has 0 spiro atoms. The summed E-state index contributed by atoms with van der Waals surface area (Å²) in [7, 11) is 0. The Hall–Kier alpha value is -2.12. The molecule has 9 heteroatoms. The molecule has 146 valence electrons. The lowest BCUT2D eigenvalue weighted by atomic mass is 10.2. The average molecular weight is 440 g/mol. The molecular formula is C19H17Cl3N4O2. The van der Waals surface area contributed by atoms with E-state index in [0.29, 0.717) is 45.6 Å². The highest BCUT2D eigenvalue weighted by Crippen LogP contribution is 2.29. The second-order valence-electron chi connectivity index (χ2n) is 5.97. The van der Waals surface area contributed by atoms with Crippen LogP contribution in [0.25, 0.3) is 11.4 Å². The topological polar surface area (TPSA) is 71.3 Å². The van der Waals surface area contributed by atoms with Gasteiger partial charge in [0.2, 0.25) is 17.6 Å². The van der Waals surface area contributed by atoms with E-state index >= 15 is 0 Å². The second-order valence-corrected chi connectivity index (χ2v) is 7.22. The molecule has 0 atom stereocenters. The molecule has 0 bridgehead atoms. The van der Waals surface area contributed by atoms with Crippen molar-refractivity contribution in [1.82, 2.24) is 15.0 Å². The first kappa shape index (κ1) is 20.6. The van der Waals surface area contributed by atoms with Crippen LogP contribution >= 0.6 is 34.8 Å². The van der Waals surface area contributed by atoms with E-state index in [0.717, 1.165) is 5.56 Å². The summed E-state index contributed by atoms with van der Waals surface area (Å²) in [6.45, 7) is 3.01. The Morgan fingerprint density at radius 3 is 2.43 bits per heavy atom. The van der Waals surface area contributed by atoms with E-state index in [-0.39, 0.29) is 12.5 Å². The summed E-state index contributed by atoms with van der Waals surface area (Å²) in [4.78, 5) is 18.6. The van der Waals surface area contributed by atoms with E-state index in [1.807, 2.05) is 24.0 Å². The normalized spacial score (nSPS) is 11.0. The monoisotopic (exact) mass is 438 g/mol. The first-order valence-corrected chi connectivity index (χ1v) is 9.64. The molecule has 0 aliphatic heterocycles. The number of aromatic nitrogens is 2. The van der Waals surface area contributed by atoms with Crippen LogP contribution in [0.3, 0.4) is 0 Å². The van der Waals surface area contributed by atoms with Crippen molar-refractivity contribution in [2.45, 2.75) is 13.5 Å². The average Bonchev–Trinajstić information content (AvgIpc) is 3.13. The standard InChI is InChI=1S/C19H17Cl3N4O2/c1-2-26(10-16(27)23-18-14(21)4-3-5-15(18)22)11-17-24-19(25-28-17)12-6-8-13(20)9-7-12/h3-9H,2,10-11H2,1H3,(H,23,27). The first-order chi connectivity index (χ1) is 13.5. The van der Waals surface area contributed by atoms with Crippen molar-refractivity contribution in [2.75, 3.05) is 18.4 Å². The van der Waals surface area contributed by atoms with Gasteiger partial charge in [-0.15, -0.1) is 0 Å². The van der Waals surface area contributed by atoms with Crippen molar-refractivity contribution in [1.29, 1.82) is 0 Å². The molecule has 3 rings (SSSR count). The van der Waals surface area contributed by atoms with Crippen LogP contribution in [0, 0.1) is 0 Å². The number of carbonyl (C=O) groups excluding carboxylic acids is 1. The lowest BCUT2D eigenvalue weighted by Gasteiger charge is -2.18. The van der Waals surface area contributed by atoms with E-state index < -0.39 is 0 Å². The molecule has 2 aromatic carbocycles. The molecular weight excluding hydrogens is 423 g/mol. The number of nitrogens with zero attached hydrogens (tertiary/aromatic N) is 3. The Kier molecular flexibility index (Phi) is 6.91. The highest BCUT2D eigenvalue weighted by molar-refractivity contribution is 6.39. The van der Waals surface area contributed by atoms with Gasteiger partial charge in [-0.2, -0.15) is 4.98 Å². The van der Waals surface area contributed by atoms with Gasteiger partial charge in [0.15, 0.2) is 0 Å². The SMILES string of the molecule is CCN(CC(=O)Nc1c(Cl)cccc1Cl)Cc1nc(-c2ccc(Cl)cc2)no1. The highest BCUT2D eigenvalue weighted by atomic mass is 35.5. The van der Waals surface area contributed by atoms with Gasteiger partial charge in [0.1, 0.15) is 0 Å². The smallest absolute Gasteiger partial charge is 0.241 e. The maximum absolute atomic E-state index is 12.4. The molecule has 1 N–H and O–H groups in total. The third-order valence-corrected chi connectivity index (χ3v) is 4.85. The van der Waals surface area contributed by atoms with Crippen molar-refractivity contribution >= 4 is 46.4 Å². The minimum atomic E-state index is -0.241. The Labute approximate surface area is 177 Å². The summed E-state index contributed by atoms with van der Waals surface area (Å²) >= 11 is 18.1.